The molecule has 2 aromatic carbocycles. The van der Waals surface area contributed by atoms with Crippen molar-refractivity contribution in [2.24, 2.45) is 11.8 Å². The van der Waals surface area contributed by atoms with Gasteiger partial charge in [0.05, 0.1) is 27.4 Å². The van der Waals surface area contributed by atoms with Crippen LogP contribution in [0.3, 0.4) is 0 Å². The number of ketones is 1. The fourth-order valence-electron chi connectivity index (χ4n) is 4.29. The molecule has 0 bridgehead atoms. The van der Waals surface area contributed by atoms with Crippen molar-refractivity contribution in [2.75, 3.05) is 6.54 Å². The van der Waals surface area contributed by atoms with E-state index < -0.39 is 41.9 Å². The molecule has 0 aromatic heterocycles. The van der Waals surface area contributed by atoms with Gasteiger partial charge in [-0.2, -0.15) is 5.01 Å². The summed E-state index contributed by atoms with van der Waals surface area (Å²) in [5.41, 5.74) is 0.0758. The van der Waals surface area contributed by atoms with Gasteiger partial charge in [-0.15, -0.1) is 0 Å². The van der Waals surface area contributed by atoms with Crippen molar-refractivity contribution in [2.45, 2.75) is 22.5 Å². The number of Topliss-reactive ketones (excluding diaryl/α,β-unsaturated/α-hetero) is 1. The van der Waals surface area contributed by atoms with Gasteiger partial charge in [0.2, 0.25) is 0 Å². The Labute approximate surface area is 238 Å². The monoisotopic (exact) mass is 682 g/mol. The van der Waals surface area contributed by atoms with Crippen LogP contribution in [-0.4, -0.2) is 49.7 Å². The van der Waals surface area contributed by atoms with Crippen LogP contribution in [0.25, 0.3) is 0 Å². The van der Waals surface area contributed by atoms with E-state index in [-0.39, 0.29) is 30.8 Å². The maximum Gasteiger partial charge on any atom is 0.274 e. The Balaban J connectivity index is 1.74. The van der Waals surface area contributed by atoms with E-state index in [4.69, 9.17) is 46.4 Å². The number of carbonyl (C=O) groups excluding carboxylic acids is 4. The minimum absolute atomic E-state index is 0.0155. The summed E-state index contributed by atoms with van der Waals surface area (Å²) in [6.07, 6.45) is 0.810. The first-order chi connectivity index (χ1) is 16.5. The van der Waals surface area contributed by atoms with Crippen molar-refractivity contribution >= 4 is 102 Å². The van der Waals surface area contributed by atoms with E-state index >= 15 is 0 Å². The third-order valence-corrected chi connectivity index (χ3v) is 9.88. The van der Waals surface area contributed by atoms with Gasteiger partial charge in [0.15, 0.2) is 5.78 Å². The molecule has 6 nitrogen and oxygen atoms in total. The van der Waals surface area contributed by atoms with Crippen molar-refractivity contribution in [1.29, 1.82) is 0 Å². The van der Waals surface area contributed by atoms with Gasteiger partial charge in [0.1, 0.15) is 6.54 Å². The van der Waals surface area contributed by atoms with Gasteiger partial charge in [0, 0.05) is 25.3 Å². The first-order valence-electron chi connectivity index (χ1n) is 10.4. The lowest BCUT2D eigenvalue weighted by molar-refractivity contribution is -0.154. The number of hydrazine groups is 1. The summed E-state index contributed by atoms with van der Waals surface area (Å²) in [6, 6.07) is 8.49. The zero-order valence-electron chi connectivity index (χ0n) is 17.7. The third kappa shape index (κ3) is 5.29. The van der Waals surface area contributed by atoms with E-state index in [0.29, 0.717) is 22.9 Å². The number of amides is 3. The minimum Gasteiger partial charge on any atom is -0.292 e. The predicted molar refractivity (Wildman–Crippen MR) is 142 cm³/mol. The van der Waals surface area contributed by atoms with Gasteiger partial charge in [-0.3, -0.25) is 19.2 Å². The molecule has 184 valence electrons. The quantitative estimate of drug-likeness (QED) is 0.206. The summed E-state index contributed by atoms with van der Waals surface area (Å²) in [7, 11) is 0. The molecule has 1 saturated carbocycles. The maximum absolute atomic E-state index is 13.6. The summed E-state index contributed by atoms with van der Waals surface area (Å²) in [4.78, 5) is 53.6. The van der Waals surface area contributed by atoms with Crippen molar-refractivity contribution in [3.05, 3.63) is 67.6 Å². The van der Waals surface area contributed by atoms with Crippen LogP contribution in [0.15, 0.2) is 36.4 Å². The standard InChI is InChI=1S/C23H16Br2Cl4N2O4/c24-16-7-14-15(8-17(16)25)23(35)31(22(14)34)30(21(33)13-4-2-11(27)6-19(13)29)9-20(32)12-3-1-10(26)5-18(12)28/h1-6,14-17H,7-9H2/t14-,15+,16+,17-. The summed E-state index contributed by atoms with van der Waals surface area (Å²) >= 11 is 31.4. The molecule has 3 amide bonds. The highest BCUT2D eigenvalue weighted by Crippen LogP contribution is 2.44. The van der Waals surface area contributed by atoms with Gasteiger partial charge in [-0.25, -0.2) is 5.01 Å². The van der Waals surface area contributed by atoms with Gasteiger partial charge in [-0.05, 0) is 49.2 Å². The second-order valence-electron chi connectivity index (χ2n) is 8.24. The van der Waals surface area contributed by atoms with Crippen LogP contribution in [0, 0.1) is 11.8 Å². The van der Waals surface area contributed by atoms with E-state index in [0.717, 1.165) is 10.0 Å². The fourth-order valence-corrected chi connectivity index (χ4v) is 6.53. The second kappa shape index (κ2) is 10.7. The molecule has 0 N–H and O–H groups in total. The molecule has 0 radical (unpaired) electrons. The molecule has 2 fully saturated rings. The van der Waals surface area contributed by atoms with Crippen LogP contribution in [-0.2, 0) is 9.59 Å². The van der Waals surface area contributed by atoms with E-state index in [1.54, 1.807) is 0 Å². The molecule has 2 aliphatic rings. The molecule has 4 rings (SSSR count). The SMILES string of the molecule is O=C(CN(C(=O)c1ccc(Cl)cc1Cl)N1C(=O)[C@H]2C[C@@H](Br)[C@@H](Br)C[C@H]2C1=O)c1ccc(Cl)cc1Cl. The van der Waals surface area contributed by atoms with Crippen molar-refractivity contribution in [3.63, 3.8) is 0 Å². The van der Waals surface area contributed by atoms with Crippen LogP contribution in [0.2, 0.25) is 20.1 Å². The van der Waals surface area contributed by atoms with Crippen LogP contribution >= 0.6 is 78.3 Å². The van der Waals surface area contributed by atoms with Crippen LogP contribution in [0.1, 0.15) is 33.6 Å². The van der Waals surface area contributed by atoms with Crippen LogP contribution in [0.4, 0.5) is 0 Å². The highest BCUT2D eigenvalue weighted by molar-refractivity contribution is 9.12. The maximum atomic E-state index is 13.6. The lowest BCUT2D eigenvalue weighted by atomic mass is 9.81. The van der Waals surface area contributed by atoms with Crippen molar-refractivity contribution < 1.29 is 19.2 Å². The number of halogens is 6. The Hall–Kier alpha value is -1.16. The molecule has 1 saturated heterocycles. The Morgan fingerprint density at radius 1 is 0.829 bits per heavy atom. The molecule has 0 spiro atoms. The Morgan fingerprint density at radius 3 is 1.74 bits per heavy atom. The molecule has 35 heavy (non-hydrogen) atoms. The Bertz CT molecular complexity index is 1220. The highest BCUT2D eigenvalue weighted by atomic mass is 79.9. The molecular weight excluding hydrogens is 670 g/mol. The zero-order chi connectivity index (χ0) is 25.6. The second-order valence-corrected chi connectivity index (χ2v) is 12.3. The van der Waals surface area contributed by atoms with Crippen LogP contribution < -0.4 is 0 Å². The smallest absolute Gasteiger partial charge is 0.274 e. The Kier molecular flexibility index (Phi) is 8.20. The molecule has 2 aromatic rings. The van der Waals surface area contributed by atoms with E-state index in [1.807, 2.05) is 0 Å². The number of hydrogen-bond acceptors (Lipinski definition) is 4. The first kappa shape index (κ1) is 26.9. The lowest BCUT2D eigenvalue weighted by Crippen LogP contribution is -2.52. The normalized spacial score (nSPS) is 23.9. The molecule has 12 heteroatoms. The number of rotatable bonds is 5. The Morgan fingerprint density at radius 2 is 1.29 bits per heavy atom. The van der Waals surface area contributed by atoms with E-state index in [2.05, 4.69) is 31.9 Å². The number of carbonyl (C=O) groups is 4. The van der Waals surface area contributed by atoms with Gasteiger partial charge >= 0.3 is 0 Å². The van der Waals surface area contributed by atoms with Gasteiger partial charge in [0.25, 0.3) is 17.7 Å². The third-order valence-electron chi connectivity index (χ3n) is 6.05. The number of nitrogens with zero attached hydrogens (tertiary/aromatic N) is 2. The van der Waals surface area contributed by atoms with Gasteiger partial charge in [-0.1, -0.05) is 78.3 Å². The van der Waals surface area contributed by atoms with Gasteiger partial charge < -0.3 is 0 Å². The van der Waals surface area contributed by atoms with E-state index in [1.165, 1.54) is 36.4 Å². The van der Waals surface area contributed by atoms with Crippen molar-refractivity contribution in [1.82, 2.24) is 10.0 Å². The molecular formula is C23H16Br2Cl4N2O4. The number of fused-ring (bicyclic) bond motifs is 1. The largest absolute Gasteiger partial charge is 0.292 e. The topological polar surface area (TPSA) is 74.8 Å². The molecule has 1 aliphatic carbocycles. The highest BCUT2D eigenvalue weighted by Gasteiger charge is 2.54. The minimum atomic E-state index is -0.795. The first-order valence-corrected chi connectivity index (χ1v) is 13.7. The number of benzene rings is 2. The van der Waals surface area contributed by atoms with Crippen LogP contribution in [0.5, 0.6) is 0 Å². The number of alkyl halides is 2. The fraction of sp³-hybridized carbons (Fsp3) is 0.304. The molecule has 1 aliphatic heterocycles. The van der Waals surface area contributed by atoms with E-state index in [9.17, 15) is 19.2 Å². The average molecular weight is 686 g/mol. The predicted octanol–water partition coefficient (Wildman–Crippen LogP) is 6.46. The summed E-state index contributed by atoms with van der Waals surface area (Å²) in [5, 5.41) is 2.36. The summed E-state index contributed by atoms with van der Waals surface area (Å²) in [5.74, 6) is -3.71. The molecule has 0 unspecified atom stereocenters. The molecule has 4 atom stereocenters. The average Bonchev–Trinajstić information content (AvgIpc) is 3.01. The number of imide groups is 1. The zero-order valence-corrected chi connectivity index (χ0v) is 23.9. The van der Waals surface area contributed by atoms with Crippen molar-refractivity contribution in [3.8, 4) is 0 Å². The number of hydrogen-bond donors (Lipinski definition) is 0. The molecule has 1 heterocycles. The lowest BCUT2D eigenvalue weighted by Gasteiger charge is -2.30. The summed E-state index contributed by atoms with van der Waals surface area (Å²) in [6.45, 7) is -0.620. The summed E-state index contributed by atoms with van der Waals surface area (Å²) < 4.78 is 0.